The van der Waals surface area contributed by atoms with E-state index >= 15 is 0 Å². The molecule has 4 rings (SSSR count). The second-order valence-corrected chi connectivity index (χ2v) is 10.2. The number of amides is 2. The first kappa shape index (κ1) is 37.5. The molecule has 0 aliphatic heterocycles. The lowest BCUT2D eigenvalue weighted by molar-refractivity contribution is -0.199. The number of nitrogens with zero attached hydrogens (tertiary/aromatic N) is 6. The fraction of sp³-hybridized carbons (Fsp3) is 0.481. The summed E-state index contributed by atoms with van der Waals surface area (Å²) in [5.74, 6) is -2.89. The van der Waals surface area contributed by atoms with E-state index in [9.17, 15) is 40.3 Å². The van der Waals surface area contributed by atoms with E-state index in [2.05, 4.69) is 36.1 Å². The number of aromatic nitrogens is 6. The zero-order valence-corrected chi connectivity index (χ0v) is 25.0. The van der Waals surface area contributed by atoms with Gasteiger partial charge in [0.1, 0.15) is 24.6 Å². The molecular weight excluding hydrogens is 665 g/mol. The van der Waals surface area contributed by atoms with Crippen LogP contribution in [-0.2, 0) is 33.7 Å². The third-order valence-corrected chi connectivity index (χ3v) is 6.29. The van der Waals surface area contributed by atoms with Crippen molar-refractivity contribution < 1.29 is 59.7 Å². The molecule has 1 aliphatic rings. The largest absolute Gasteiger partial charge is 0.490 e. The minimum Gasteiger partial charge on any atom is -0.490 e. The van der Waals surface area contributed by atoms with E-state index in [1.54, 1.807) is 24.3 Å². The molecule has 0 unspecified atom stereocenters. The van der Waals surface area contributed by atoms with Crippen LogP contribution in [0.4, 0.5) is 36.6 Å². The fourth-order valence-electron chi connectivity index (χ4n) is 3.91. The zero-order valence-electron chi connectivity index (χ0n) is 25.0. The standard InChI is InChI=1S/C25H28F4N8O4.C2HF3O2/c1-30-24(39)21-13-37(36-34-21)12-15(26)2-3-16-4-5-22(35-33-16)32-23(38)9-17-8-18(6-7-31-17)41-20-10-19(11-20)40-14-25(27,28)29;3-2(4,5)1(6)7/h4-8,13,15,19-20H,2-3,9-12,14H2,1H3,(H,30,39)(H,32,35,38);(H,6,7)/t15-,19?,20?;/m1./s1. The summed E-state index contributed by atoms with van der Waals surface area (Å²) in [6.07, 6.45) is -7.57. The van der Waals surface area contributed by atoms with Gasteiger partial charge >= 0.3 is 18.3 Å². The molecule has 3 aromatic rings. The molecule has 21 heteroatoms. The van der Waals surface area contributed by atoms with Gasteiger partial charge in [-0.05, 0) is 31.0 Å². The van der Waals surface area contributed by atoms with Gasteiger partial charge in [0.05, 0.1) is 36.7 Å². The molecule has 0 aromatic carbocycles. The smallest absolute Gasteiger partial charge is 0.490 e. The summed E-state index contributed by atoms with van der Waals surface area (Å²) < 4.78 is 94.6. The number of hydrogen-bond donors (Lipinski definition) is 3. The number of ether oxygens (including phenoxy) is 2. The molecule has 262 valence electrons. The Bertz CT molecular complexity index is 1520. The first-order valence-electron chi connectivity index (χ1n) is 14.0. The van der Waals surface area contributed by atoms with Crippen LogP contribution in [-0.4, -0.2) is 97.5 Å². The summed E-state index contributed by atoms with van der Waals surface area (Å²) in [5, 5.41) is 27.6. The number of alkyl halides is 7. The molecule has 0 bridgehead atoms. The van der Waals surface area contributed by atoms with Crippen LogP contribution in [0.15, 0.2) is 36.7 Å². The van der Waals surface area contributed by atoms with Crippen molar-refractivity contribution in [2.24, 2.45) is 0 Å². The van der Waals surface area contributed by atoms with E-state index in [1.807, 2.05) is 0 Å². The Morgan fingerprint density at radius 3 is 2.35 bits per heavy atom. The molecular formula is C27H29F7N8O6. The Morgan fingerprint density at radius 1 is 1.04 bits per heavy atom. The van der Waals surface area contributed by atoms with Gasteiger partial charge in [-0.2, -0.15) is 31.4 Å². The van der Waals surface area contributed by atoms with E-state index in [0.717, 1.165) is 0 Å². The van der Waals surface area contributed by atoms with Crippen molar-refractivity contribution in [3.8, 4) is 5.75 Å². The van der Waals surface area contributed by atoms with Crippen LogP contribution in [0, 0.1) is 0 Å². The summed E-state index contributed by atoms with van der Waals surface area (Å²) in [4.78, 5) is 37.0. The molecule has 3 N–H and O–H groups in total. The zero-order chi connectivity index (χ0) is 35.5. The molecule has 0 spiro atoms. The Balaban J connectivity index is 0.000000804. The van der Waals surface area contributed by atoms with Gasteiger partial charge in [0.2, 0.25) is 5.91 Å². The van der Waals surface area contributed by atoms with E-state index in [-0.39, 0.29) is 37.0 Å². The lowest BCUT2D eigenvalue weighted by Gasteiger charge is -2.35. The Kier molecular flexibility index (Phi) is 13.1. The fourth-order valence-corrected chi connectivity index (χ4v) is 3.91. The third kappa shape index (κ3) is 13.0. The monoisotopic (exact) mass is 694 g/mol. The average Bonchev–Trinajstić information content (AvgIpc) is 3.45. The van der Waals surface area contributed by atoms with E-state index in [4.69, 9.17) is 19.4 Å². The van der Waals surface area contributed by atoms with Crippen LogP contribution in [0.1, 0.15) is 41.1 Å². The van der Waals surface area contributed by atoms with Crippen LogP contribution in [0.25, 0.3) is 0 Å². The number of carboxylic acids is 1. The highest BCUT2D eigenvalue weighted by atomic mass is 19.4. The van der Waals surface area contributed by atoms with E-state index < -0.39 is 49.0 Å². The maximum atomic E-state index is 14.4. The number of hydrogen-bond acceptors (Lipinski definition) is 10. The molecule has 1 saturated carbocycles. The molecule has 0 radical (unpaired) electrons. The molecule has 2 amide bonds. The Labute approximate surface area is 267 Å². The molecule has 48 heavy (non-hydrogen) atoms. The summed E-state index contributed by atoms with van der Waals surface area (Å²) in [5.41, 5.74) is 1.06. The van der Waals surface area contributed by atoms with Gasteiger partial charge in [-0.3, -0.25) is 14.6 Å². The minimum atomic E-state index is -5.08. The van der Waals surface area contributed by atoms with Crippen LogP contribution < -0.4 is 15.4 Å². The summed E-state index contributed by atoms with van der Waals surface area (Å²) in [6, 6.07) is 6.38. The number of anilines is 1. The molecule has 1 aliphatic carbocycles. The molecule has 1 atom stereocenters. The maximum absolute atomic E-state index is 14.4. The second kappa shape index (κ2) is 16.7. The topological polar surface area (TPSA) is 183 Å². The Hall–Kier alpha value is -4.95. The van der Waals surface area contributed by atoms with Crippen molar-refractivity contribution in [2.75, 3.05) is 19.0 Å². The second-order valence-electron chi connectivity index (χ2n) is 10.2. The molecule has 3 aromatic heterocycles. The van der Waals surface area contributed by atoms with Gasteiger partial charge in [-0.1, -0.05) is 5.21 Å². The van der Waals surface area contributed by atoms with Crippen molar-refractivity contribution in [2.45, 2.75) is 69.4 Å². The quantitative estimate of drug-likeness (QED) is 0.224. The Morgan fingerprint density at radius 2 is 1.75 bits per heavy atom. The summed E-state index contributed by atoms with van der Waals surface area (Å²) in [7, 11) is 1.46. The van der Waals surface area contributed by atoms with Crippen LogP contribution in [0.2, 0.25) is 0 Å². The highest BCUT2D eigenvalue weighted by molar-refractivity contribution is 5.91. The van der Waals surface area contributed by atoms with Gasteiger partial charge in [-0.15, -0.1) is 10.2 Å². The van der Waals surface area contributed by atoms with Crippen LogP contribution in [0.3, 0.4) is 0 Å². The maximum Gasteiger partial charge on any atom is 0.490 e. The van der Waals surface area contributed by atoms with Crippen molar-refractivity contribution in [1.82, 2.24) is 35.5 Å². The lowest BCUT2D eigenvalue weighted by atomic mass is 9.92. The highest BCUT2D eigenvalue weighted by Gasteiger charge is 2.38. The molecule has 14 nitrogen and oxygen atoms in total. The van der Waals surface area contributed by atoms with E-state index in [0.29, 0.717) is 36.4 Å². The van der Waals surface area contributed by atoms with Gasteiger partial charge in [0.25, 0.3) is 5.91 Å². The number of halogens is 7. The highest BCUT2D eigenvalue weighted by Crippen LogP contribution is 2.30. The number of nitrogens with one attached hydrogen (secondary N) is 2. The summed E-state index contributed by atoms with van der Waals surface area (Å²) in [6.45, 7) is -1.35. The number of aryl methyl sites for hydroxylation is 1. The minimum absolute atomic E-state index is 0.0661. The van der Waals surface area contributed by atoms with Gasteiger partial charge < -0.3 is 25.2 Å². The normalized spacial score (nSPS) is 16.5. The van der Waals surface area contributed by atoms with Crippen molar-refractivity contribution >= 4 is 23.6 Å². The molecule has 0 saturated heterocycles. The lowest BCUT2D eigenvalue weighted by Crippen LogP contribution is -2.41. The first-order valence-corrected chi connectivity index (χ1v) is 14.0. The number of carbonyl (C=O) groups is 3. The van der Waals surface area contributed by atoms with E-state index in [1.165, 1.54) is 24.1 Å². The van der Waals surface area contributed by atoms with Crippen LogP contribution >= 0.6 is 0 Å². The molecule has 3 heterocycles. The van der Waals surface area contributed by atoms with Gasteiger partial charge in [0, 0.05) is 32.2 Å². The first-order chi connectivity index (χ1) is 22.5. The third-order valence-electron chi connectivity index (χ3n) is 6.29. The van der Waals surface area contributed by atoms with Gasteiger partial charge in [-0.25, -0.2) is 13.9 Å². The number of carbonyl (C=O) groups excluding carboxylic acids is 2. The van der Waals surface area contributed by atoms with Gasteiger partial charge in [0.15, 0.2) is 11.5 Å². The average molecular weight is 695 g/mol. The SMILES string of the molecule is CNC(=O)c1cn(C[C@H](F)CCc2ccc(NC(=O)Cc3cc(OC4CC(OCC(F)(F)F)C4)ccn3)nn2)nn1.O=C(O)C(F)(F)F. The predicted octanol–water partition coefficient (Wildman–Crippen LogP) is 3.10. The summed E-state index contributed by atoms with van der Waals surface area (Å²) >= 11 is 0. The number of aliphatic carboxylic acids is 1. The molecule has 1 fully saturated rings. The number of rotatable bonds is 13. The van der Waals surface area contributed by atoms with Crippen molar-refractivity contribution in [3.05, 3.63) is 53.7 Å². The number of pyridine rings is 1. The van der Waals surface area contributed by atoms with Crippen LogP contribution in [0.5, 0.6) is 5.75 Å². The predicted molar refractivity (Wildman–Crippen MR) is 148 cm³/mol. The van der Waals surface area contributed by atoms with Crippen molar-refractivity contribution in [3.63, 3.8) is 0 Å². The number of carboxylic acid groups (broad SMARTS) is 1. The van der Waals surface area contributed by atoms with Crippen molar-refractivity contribution in [1.29, 1.82) is 0 Å².